The monoisotopic (exact) mass is 419 g/mol. The van der Waals surface area contributed by atoms with Crippen LogP contribution in [0.1, 0.15) is 46.8 Å². The lowest BCUT2D eigenvalue weighted by molar-refractivity contribution is -0.133. The Kier molecular flexibility index (Phi) is 4.92. The summed E-state index contributed by atoms with van der Waals surface area (Å²) in [5.74, 6) is 1.89. The zero-order valence-electron chi connectivity index (χ0n) is 17.7. The van der Waals surface area contributed by atoms with Crippen molar-refractivity contribution in [1.82, 2.24) is 24.5 Å². The van der Waals surface area contributed by atoms with E-state index < -0.39 is 0 Å². The first-order valence-corrected chi connectivity index (χ1v) is 10.7. The van der Waals surface area contributed by atoms with Crippen LogP contribution in [0.3, 0.4) is 0 Å². The van der Waals surface area contributed by atoms with Crippen molar-refractivity contribution in [3.63, 3.8) is 0 Å². The third-order valence-electron chi connectivity index (χ3n) is 6.16. The Morgan fingerprint density at radius 1 is 1.23 bits per heavy atom. The number of Topliss-reactive ketones (excluding diaryl/α,β-unsaturated/α-hetero) is 1. The molecule has 0 radical (unpaired) electrons. The molecule has 31 heavy (non-hydrogen) atoms. The molecule has 1 aromatic carbocycles. The topological polar surface area (TPSA) is 89.7 Å². The van der Waals surface area contributed by atoms with E-state index in [0.29, 0.717) is 42.4 Å². The molecular formula is C23H25N5O3. The number of ether oxygens (including phenoxy) is 1. The first-order valence-electron chi connectivity index (χ1n) is 10.7. The SMILES string of the molecule is Cc1cc(C)n2nc(CC(=O)N3CCCC(C4CC(=O)c5ccccc5O4)C3)nc2n1. The molecule has 3 aromatic rings. The highest BCUT2D eigenvalue weighted by molar-refractivity contribution is 5.99. The van der Waals surface area contributed by atoms with Crippen LogP contribution < -0.4 is 4.74 Å². The minimum Gasteiger partial charge on any atom is -0.489 e. The van der Waals surface area contributed by atoms with Crippen LogP contribution in [0.5, 0.6) is 5.75 Å². The number of likely N-dealkylation sites (tertiary alicyclic amines) is 1. The van der Waals surface area contributed by atoms with Crippen LogP contribution in [-0.2, 0) is 11.2 Å². The van der Waals surface area contributed by atoms with Gasteiger partial charge < -0.3 is 9.64 Å². The second-order valence-corrected chi connectivity index (χ2v) is 8.48. The van der Waals surface area contributed by atoms with E-state index in [4.69, 9.17) is 4.74 Å². The standard InChI is InChI=1S/C23H25N5O3/c1-14-10-15(2)28-23(24-14)25-21(26-28)12-22(30)27-9-5-6-16(13-27)20-11-18(29)17-7-3-4-8-19(17)31-20/h3-4,7-8,10,16,20H,5-6,9,11-13H2,1-2H3. The minimum atomic E-state index is -0.193. The predicted octanol–water partition coefficient (Wildman–Crippen LogP) is 2.56. The van der Waals surface area contributed by atoms with Gasteiger partial charge in [0.2, 0.25) is 5.91 Å². The second-order valence-electron chi connectivity index (χ2n) is 8.48. The van der Waals surface area contributed by atoms with Crippen LogP contribution in [0, 0.1) is 19.8 Å². The maximum Gasteiger partial charge on any atom is 0.252 e. The second kappa shape index (κ2) is 7.76. The van der Waals surface area contributed by atoms with Gasteiger partial charge >= 0.3 is 0 Å². The number of rotatable bonds is 3. The molecule has 0 spiro atoms. The molecular weight excluding hydrogens is 394 g/mol. The molecule has 0 saturated carbocycles. The Morgan fingerprint density at radius 3 is 2.94 bits per heavy atom. The summed E-state index contributed by atoms with van der Waals surface area (Å²) in [4.78, 5) is 36.2. The van der Waals surface area contributed by atoms with E-state index in [1.807, 2.05) is 49.1 Å². The van der Waals surface area contributed by atoms with E-state index >= 15 is 0 Å². The lowest BCUT2D eigenvalue weighted by atomic mass is 9.87. The number of fused-ring (bicyclic) bond motifs is 2. The zero-order chi connectivity index (χ0) is 21.5. The summed E-state index contributed by atoms with van der Waals surface area (Å²) >= 11 is 0. The third kappa shape index (κ3) is 3.78. The van der Waals surface area contributed by atoms with Gasteiger partial charge in [-0.15, -0.1) is 5.10 Å². The molecule has 160 valence electrons. The molecule has 0 bridgehead atoms. The first-order chi connectivity index (χ1) is 15.0. The van der Waals surface area contributed by atoms with Gasteiger partial charge in [-0.25, -0.2) is 9.50 Å². The van der Waals surface area contributed by atoms with Gasteiger partial charge in [0.15, 0.2) is 11.6 Å². The fraction of sp³-hybridized carbons (Fsp3) is 0.435. The highest BCUT2D eigenvalue weighted by Crippen LogP contribution is 2.33. The summed E-state index contributed by atoms with van der Waals surface area (Å²) in [5.41, 5.74) is 2.46. The van der Waals surface area contributed by atoms with Gasteiger partial charge in [0.05, 0.1) is 12.0 Å². The molecule has 5 rings (SSSR count). The molecule has 2 aliphatic rings. The molecule has 8 heteroatoms. The van der Waals surface area contributed by atoms with E-state index in [1.54, 1.807) is 4.52 Å². The summed E-state index contributed by atoms with van der Waals surface area (Å²) < 4.78 is 7.83. The normalized spacial score (nSPS) is 21.1. The Labute approximate surface area is 180 Å². The van der Waals surface area contributed by atoms with Crippen molar-refractivity contribution in [2.24, 2.45) is 5.92 Å². The number of benzene rings is 1. The van der Waals surface area contributed by atoms with Crippen molar-refractivity contribution < 1.29 is 14.3 Å². The quantitative estimate of drug-likeness (QED) is 0.648. The minimum absolute atomic E-state index is 0.00230. The van der Waals surface area contributed by atoms with Gasteiger partial charge in [-0.2, -0.15) is 4.98 Å². The van der Waals surface area contributed by atoms with Crippen molar-refractivity contribution in [2.75, 3.05) is 13.1 Å². The van der Waals surface area contributed by atoms with Gasteiger partial charge in [-0.1, -0.05) is 12.1 Å². The van der Waals surface area contributed by atoms with Crippen molar-refractivity contribution in [3.05, 3.63) is 53.1 Å². The van der Waals surface area contributed by atoms with Crippen LogP contribution in [0.4, 0.5) is 0 Å². The fourth-order valence-electron chi connectivity index (χ4n) is 4.63. The van der Waals surface area contributed by atoms with Crippen molar-refractivity contribution in [1.29, 1.82) is 0 Å². The smallest absolute Gasteiger partial charge is 0.252 e. The lowest BCUT2D eigenvalue weighted by Gasteiger charge is -2.38. The Balaban J connectivity index is 1.28. The maximum atomic E-state index is 13.0. The first kappa shape index (κ1) is 19.7. The number of aryl methyl sites for hydroxylation is 2. The number of ketones is 1. The average Bonchev–Trinajstić information content (AvgIpc) is 3.16. The van der Waals surface area contributed by atoms with E-state index in [1.165, 1.54) is 0 Å². The predicted molar refractivity (Wildman–Crippen MR) is 113 cm³/mol. The summed E-state index contributed by atoms with van der Waals surface area (Å²) in [6.45, 7) is 5.15. The van der Waals surface area contributed by atoms with Gasteiger partial charge in [-0.3, -0.25) is 9.59 Å². The number of hydrogen-bond acceptors (Lipinski definition) is 6. The molecule has 2 atom stereocenters. The van der Waals surface area contributed by atoms with Crippen molar-refractivity contribution >= 4 is 17.5 Å². The number of amides is 1. The van der Waals surface area contributed by atoms with Gasteiger partial charge in [0.25, 0.3) is 5.78 Å². The molecule has 1 saturated heterocycles. The number of nitrogens with zero attached hydrogens (tertiary/aromatic N) is 5. The molecule has 2 aromatic heterocycles. The maximum absolute atomic E-state index is 13.0. The zero-order valence-corrected chi connectivity index (χ0v) is 17.7. The van der Waals surface area contributed by atoms with Crippen LogP contribution in [-0.4, -0.2) is 55.4 Å². The average molecular weight is 419 g/mol. The van der Waals surface area contributed by atoms with E-state index in [0.717, 1.165) is 24.2 Å². The summed E-state index contributed by atoms with van der Waals surface area (Å²) in [6, 6.07) is 9.33. The molecule has 2 aliphatic heterocycles. The Morgan fingerprint density at radius 2 is 2.06 bits per heavy atom. The van der Waals surface area contributed by atoms with Crippen LogP contribution >= 0.6 is 0 Å². The van der Waals surface area contributed by atoms with E-state index in [9.17, 15) is 9.59 Å². The Hall–Kier alpha value is -3.29. The van der Waals surface area contributed by atoms with Gasteiger partial charge in [0, 0.05) is 36.8 Å². The van der Waals surface area contributed by atoms with Crippen molar-refractivity contribution in [3.8, 4) is 5.75 Å². The summed E-state index contributed by atoms with van der Waals surface area (Å²) in [7, 11) is 0. The molecule has 0 aliphatic carbocycles. The van der Waals surface area contributed by atoms with E-state index in [-0.39, 0.29) is 30.1 Å². The summed E-state index contributed by atoms with van der Waals surface area (Å²) in [5, 5.41) is 4.46. The van der Waals surface area contributed by atoms with E-state index in [2.05, 4.69) is 15.1 Å². The molecule has 1 fully saturated rings. The summed E-state index contributed by atoms with van der Waals surface area (Å²) in [6.07, 6.45) is 2.15. The highest BCUT2D eigenvalue weighted by atomic mass is 16.5. The number of para-hydroxylation sites is 1. The van der Waals surface area contributed by atoms with Crippen LogP contribution in [0.15, 0.2) is 30.3 Å². The van der Waals surface area contributed by atoms with Gasteiger partial charge in [0.1, 0.15) is 11.9 Å². The van der Waals surface area contributed by atoms with Crippen LogP contribution in [0.2, 0.25) is 0 Å². The number of hydrogen-bond donors (Lipinski definition) is 0. The fourth-order valence-corrected chi connectivity index (χ4v) is 4.63. The number of carbonyl (C=O) groups is 2. The number of carbonyl (C=O) groups excluding carboxylic acids is 2. The third-order valence-corrected chi connectivity index (χ3v) is 6.16. The van der Waals surface area contributed by atoms with Crippen LogP contribution in [0.25, 0.3) is 5.78 Å². The number of aromatic nitrogens is 4. The highest BCUT2D eigenvalue weighted by Gasteiger charge is 2.35. The Bertz CT molecular complexity index is 1170. The molecule has 0 N–H and O–H groups in total. The molecule has 1 amide bonds. The van der Waals surface area contributed by atoms with Crippen molar-refractivity contribution in [2.45, 2.75) is 45.6 Å². The lowest BCUT2D eigenvalue weighted by Crippen LogP contribution is -2.47. The molecule has 4 heterocycles. The molecule has 2 unspecified atom stereocenters. The number of piperidine rings is 1. The van der Waals surface area contributed by atoms with Gasteiger partial charge in [-0.05, 0) is 44.9 Å². The largest absolute Gasteiger partial charge is 0.489 e. The molecule has 8 nitrogen and oxygen atoms in total.